The molecule has 32 heavy (non-hydrogen) atoms. The quantitative estimate of drug-likeness (QED) is 0.546. The molecule has 0 radical (unpaired) electrons. The van der Waals surface area contributed by atoms with Crippen LogP contribution >= 0.6 is 11.3 Å². The van der Waals surface area contributed by atoms with Crippen molar-refractivity contribution in [2.24, 2.45) is 0 Å². The summed E-state index contributed by atoms with van der Waals surface area (Å²) in [6, 6.07) is 11.1. The van der Waals surface area contributed by atoms with E-state index in [9.17, 15) is 22.4 Å². The number of hydrogen-bond acceptors (Lipinski definition) is 6. The number of hydrogen-bond donors (Lipinski definition) is 2. The third-order valence-corrected chi connectivity index (χ3v) is 7.01. The van der Waals surface area contributed by atoms with Crippen molar-refractivity contribution in [3.05, 3.63) is 65.4 Å². The van der Waals surface area contributed by atoms with Crippen molar-refractivity contribution in [2.75, 3.05) is 21.5 Å². The van der Waals surface area contributed by atoms with Gasteiger partial charge in [0.2, 0.25) is 11.8 Å². The largest absolute Gasteiger partial charge is 0.326 e. The molecule has 4 rings (SSSR count). The number of nitrogens with zero attached hydrogens (tertiary/aromatic N) is 2. The Kier molecular flexibility index (Phi) is 6.19. The van der Waals surface area contributed by atoms with Gasteiger partial charge in [-0.05, 0) is 36.8 Å². The zero-order valence-electron chi connectivity index (χ0n) is 16.7. The minimum absolute atomic E-state index is 0.0248. The summed E-state index contributed by atoms with van der Waals surface area (Å²) >= 11 is 1.30. The lowest BCUT2D eigenvalue weighted by atomic mass is 10.3. The maximum absolute atomic E-state index is 13.8. The summed E-state index contributed by atoms with van der Waals surface area (Å²) in [7, 11) is -4.05. The molecule has 1 aromatic heterocycles. The molecule has 2 aromatic carbocycles. The Morgan fingerprint density at radius 2 is 2.00 bits per heavy atom. The number of amides is 2. The molecule has 8 nitrogen and oxygen atoms in total. The third-order valence-electron chi connectivity index (χ3n) is 4.73. The summed E-state index contributed by atoms with van der Waals surface area (Å²) in [5.41, 5.74) is 0.626. The first-order chi connectivity index (χ1) is 15.3. The van der Waals surface area contributed by atoms with Crippen LogP contribution in [0, 0.1) is 5.82 Å². The fraction of sp³-hybridized carbons (Fsp3) is 0.190. The second-order valence-corrected chi connectivity index (χ2v) is 9.63. The average Bonchev–Trinajstić information content (AvgIpc) is 3.38. The van der Waals surface area contributed by atoms with E-state index in [0.29, 0.717) is 23.8 Å². The molecule has 0 unspecified atom stereocenters. The molecule has 3 aromatic rings. The van der Waals surface area contributed by atoms with Crippen LogP contribution in [0.2, 0.25) is 0 Å². The van der Waals surface area contributed by atoms with E-state index >= 15 is 0 Å². The highest BCUT2D eigenvalue weighted by atomic mass is 32.2. The average molecular weight is 475 g/mol. The van der Waals surface area contributed by atoms with Gasteiger partial charge in [-0.15, -0.1) is 11.3 Å². The van der Waals surface area contributed by atoms with Gasteiger partial charge < -0.3 is 5.32 Å². The van der Waals surface area contributed by atoms with Crippen molar-refractivity contribution in [1.82, 2.24) is 4.98 Å². The van der Waals surface area contributed by atoms with E-state index in [2.05, 4.69) is 15.0 Å². The minimum atomic E-state index is -4.05. The fourth-order valence-electron chi connectivity index (χ4n) is 3.21. The summed E-state index contributed by atoms with van der Waals surface area (Å²) < 4.78 is 41.2. The Labute approximate surface area is 188 Å². The molecular formula is C21H19FN4O4S2. The molecule has 1 saturated heterocycles. The molecular weight excluding hydrogens is 455 g/mol. The number of thiazole rings is 1. The summed E-state index contributed by atoms with van der Waals surface area (Å²) in [6.07, 6.45) is 1.27. The highest BCUT2D eigenvalue weighted by Crippen LogP contribution is 2.26. The standard InChI is InChI=1S/C21H19FN4O4S2/c22-17-7-1-2-8-18(17)25-32(29,30)16-6-3-5-14(11-16)23-19(27)12-15-13-31-21(24-15)26-10-4-9-20(26)28/h1-3,5-8,11,13,25H,4,9-10,12H2,(H,23,27). The number of halogens is 1. The van der Waals surface area contributed by atoms with E-state index < -0.39 is 15.8 Å². The van der Waals surface area contributed by atoms with Crippen molar-refractivity contribution in [2.45, 2.75) is 24.2 Å². The Balaban J connectivity index is 1.42. The maximum Gasteiger partial charge on any atom is 0.262 e. The van der Waals surface area contributed by atoms with Crippen molar-refractivity contribution in [1.29, 1.82) is 0 Å². The molecule has 1 aliphatic rings. The first-order valence-corrected chi connectivity index (χ1v) is 12.1. The minimum Gasteiger partial charge on any atom is -0.326 e. The van der Waals surface area contributed by atoms with E-state index in [1.54, 1.807) is 16.3 Å². The highest BCUT2D eigenvalue weighted by molar-refractivity contribution is 7.92. The fourth-order valence-corrected chi connectivity index (χ4v) is 5.19. The Morgan fingerprint density at radius 3 is 2.75 bits per heavy atom. The predicted octanol–water partition coefficient (Wildman–Crippen LogP) is 3.39. The molecule has 0 spiro atoms. The molecule has 11 heteroatoms. The van der Waals surface area contributed by atoms with Crippen LogP contribution in [0.1, 0.15) is 18.5 Å². The van der Waals surface area contributed by atoms with Crippen LogP contribution in [0.5, 0.6) is 0 Å². The number of sulfonamides is 1. The molecule has 2 amide bonds. The molecule has 0 saturated carbocycles. The van der Waals surface area contributed by atoms with Crippen molar-refractivity contribution in [3.8, 4) is 0 Å². The van der Waals surface area contributed by atoms with E-state index in [1.165, 1.54) is 47.7 Å². The lowest BCUT2D eigenvalue weighted by Crippen LogP contribution is -2.23. The topological polar surface area (TPSA) is 108 Å². The number of para-hydroxylation sites is 1. The molecule has 2 heterocycles. The molecule has 1 fully saturated rings. The Hall–Kier alpha value is -3.31. The Bertz CT molecular complexity index is 1280. The summed E-state index contributed by atoms with van der Waals surface area (Å²) in [5.74, 6) is -1.05. The SMILES string of the molecule is O=C(Cc1csc(N2CCCC2=O)n1)Nc1cccc(S(=O)(=O)Nc2ccccc2F)c1. The summed E-state index contributed by atoms with van der Waals surface area (Å²) in [5, 5.41) is 4.94. The monoisotopic (exact) mass is 474 g/mol. The number of nitrogens with one attached hydrogen (secondary N) is 2. The number of carbonyl (C=O) groups excluding carboxylic acids is 2. The highest BCUT2D eigenvalue weighted by Gasteiger charge is 2.24. The van der Waals surface area contributed by atoms with Gasteiger partial charge in [-0.25, -0.2) is 17.8 Å². The van der Waals surface area contributed by atoms with Gasteiger partial charge in [-0.2, -0.15) is 0 Å². The lowest BCUT2D eigenvalue weighted by Gasteiger charge is -2.11. The van der Waals surface area contributed by atoms with Gasteiger partial charge in [-0.1, -0.05) is 18.2 Å². The van der Waals surface area contributed by atoms with E-state index in [0.717, 1.165) is 12.5 Å². The first kappa shape index (κ1) is 21.9. The second kappa shape index (κ2) is 9.05. The molecule has 2 N–H and O–H groups in total. The molecule has 0 aliphatic carbocycles. The van der Waals surface area contributed by atoms with Gasteiger partial charge in [0.05, 0.1) is 22.7 Å². The second-order valence-electron chi connectivity index (χ2n) is 7.11. The first-order valence-electron chi connectivity index (χ1n) is 9.74. The Morgan fingerprint density at radius 1 is 1.19 bits per heavy atom. The lowest BCUT2D eigenvalue weighted by molar-refractivity contribution is -0.117. The van der Waals surface area contributed by atoms with E-state index in [1.807, 2.05) is 0 Å². The molecule has 1 aliphatic heterocycles. The molecule has 166 valence electrons. The number of aromatic nitrogens is 1. The van der Waals surface area contributed by atoms with Crippen LogP contribution in [0.25, 0.3) is 0 Å². The predicted molar refractivity (Wildman–Crippen MR) is 120 cm³/mol. The number of rotatable bonds is 7. The number of anilines is 3. The van der Waals surface area contributed by atoms with Gasteiger partial charge in [0.25, 0.3) is 10.0 Å². The summed E-state index contributed by atoms with van der Waals surface area (Å²) in [6.45, 7) is 0.625. The van der Waals surface area contributed by atoms with Crippen molar-refractivity contribution >= 4 is 49.7 Å². The maximum atomic E-state index is 13.8. The molecule has 0 bridgehead atoms. The van der Waals surface area contributed by atoms with E-state index in [4.69, 9.17) is 0 Å². The van der Waals surface area contributed by atoms with Crippen LogP contribution < -0.4 is 14.9 Å². The smallest absolute Gasteiger partial charge is 0.262 e. The zero-order valence-corrected chi connectivity index (χ0v) is 18.4. The van der Waals surface area contributed by atoms with E-state index in [-0.39, 0.29) is 34.5 Å². The van der Waals surface area contributed by atoms with Gasteiger partial charge in [0.1, 0.15) is 5.82 Å². The van der Waals surface area contributed by atoms with Crippen LogP contribution in [0.15, 0.2) is 58.8 Å². The third kappa shape index (κ3) is 4.94. The molecule has 0 atom stereocenters. The summed E-state index contributed by atoms with van der Waals surface area (Å²) in [4.78, 5) is 30.1. The number of carbonyl (C=O) groups is 2. The van der Waals surface area contributed by atoms with Gasteiger partial charge in [-0.3, -0.25) is 19.2 Å². The van der Waals surface area contributed by atoms with Gasteiger partial charge in [0.15, 0.2) is 5.13 Å². The number of benzene rings is 2. The normalized spacial score (nSPS) is 13.9. The van der Waals surface area contributed by atoms with Crippen LogP contribution in [0.3, 0.4) is 0 Å². The van der Waals surface area contributed by atoms with Crippen LogP contribution in [0.4, 0.5) is 20.9 Å². The van der Waals surface area contributed by atoms with Crippen molar-refractivity contribution < 1.29 is 22.4 Å². The van der Waals surface area contributed by atoms with Gasteiger partial charge in [0, 0.05) is 24.0 Å². The zero-order chi connectivity index (χ0) is 22.7. The van der Waals surface area contributed by atoms with Gasteiger partial charge >= 0.3 is 0 Å². The van der Waals surface area contributed by atoms with Crippen LogP contribution in [-0.2, 0) is 26.0 Å². The van der Waals surface area contributed by atoms with Crippen LogP contribution in [-0.4, -0.2) is 31.8 Å². The van der Waals surface area contributed by atoms with Crippen molar-refractivity contribution in [3.63, 3.8) is 0 Å².